The minimum atomic E-state index is -0.394. The number of aromatic nitrogens is 4. The molecular formula is C18H24N8O. The van der Waals surface area contributed by atoms with Gasteiger partial charge in [0.25, 0.3) is 0 Å². The van der Waals surface area contributed by atoms with Gasteiger partial charge in [0.2, 0.25) is 0 Å². The molecule has 4 N–H and O–H groups in total. The smallest absolute Gasteiger partial charge is 0.320 e. The number of aryl methyl sites for hydroxylation is 2. The summed E-state index contributed by atoms with van der Waals surface area (Å²) in [7, 11) is 1.86. The Labute approximate surface area is 159 Å². The third-order valence-corrected chi connectivity index (χ3v) is 3.70. The number of nitrogens with zero attached hydrogens (tertiary/aromatic N) is 4. The van der Waals surface area contributed by atoms with E-state index in [9.17, 15) is 4.79 Å². The average Bonchev–Trinajstić information content (AvgIpc) is 3.06. The summed E-state index contributed by atoms with van der Waals surface area (Å²) >= 11 is 0. The van der Waals surface area contributed by atoms with Gasteiger partial charge in [-0.05, 0) is 25.1 Å². The fourth-order valence-corrected chi connectivity index (χ4v) is 2.43. The maximum atomic E-state index is 12.0. The van der Waals surface area contributed by atoms with Crippen LogP contribution in [0.4, 0.5) is 22.0 Å². The summed E-state index contributed by atoms with van der Waals surface area (Å²) < 4.78 is 1.81. The van der Waals surface area contributed by atoms with Gasteiger partial charge >= 0.3 is 6.03 Å². The second-order valence-electron chi connectivity index (χ2n) is 5.95. The first-order chi connectivity index (χ1) is 13.0. The first-order valence-corrected chi connectivity index (χ1v) is 8.25. The van der Waals surface area contributed by atoms with Crippen molar-refractivity contribution in [3.05, 3.63) is 60.1 Å². The van der Waals surface area contributed by atoms with Gasteiger partial charge in [-0.15, -0.1) is 0 Å². The Hall–Kier alpha value is -3.75. The Bertz CT molecular complexity index is 976. The zero-order chi connectivity index (χ0) is 19.2. The van der Waals surface area contributed by atoms with Crippen LogP contribution in [0.2, 0.25) is 0 Å². The van der Waals surface area contributed by atoms with E-state index in [0.717, 1.165) is 17.1 Å². The van der Waals surface area contributed by atoms with E-state index >= 15 is 0 Å². The van der Waals surface area contributed by atoms with Gasteiger partial charge in [-0.1, -0.05) is 0 Å². The lowest BCUT2D eigenvalue weighted by molar-refractivity contribution is 0.251. The number of hydrogen-bond donors (Lipinski definition) is 4. The molecule has 0 saturated carbocycles. The van der Waals surface area contributed by atoms with Crippen LogP contribution in [0.1, 0.15) is 19.8 Å². The highest BCUT2D eigenvalue weighted by atomic mass is 16.2. The summed E-state index contributed by atoms with van der Waals surface area (Å²) in [5, 5.41) is 16.2. The van der Waals surface area contributed by atoms with E-state index in [1.807, 2.05) is 36.9 Å². The largest absolute Gasteiger partial charge is 0.354 e. The Balaban J connectivity index is 0.00000210. The van der Waals surface area contributed by atoms with E-state index in [1.165, 1.54) is 6.21 Å². The lowest BCUT2D eigenvalue weighted by atomic mass is 10.2. The number of anilines is 3. The molecule has 0 aliphatic carbocycles. The van der Waals surface area contributed by atoms with E-state index in [2.05, 4.69) is 30.9 Å². The lowest BCUT2D eigenvalue weighted by Gasteiger charge is -2.12. The van der Waals surface area contributed by atoms with Crippen molar-refractivity contribution in [3.8, 4) is 0 Å². The van der Waals surface area contributed by atoms with Gasteiger partial charge in [0, 0.05) is 45.5 Å². The molecule has 0 spiro atoms. The van der Waals surface area contributed by atoms with Gasteiger partial charge in [0.05, 0.1) is 30.5 Å². The zero-order valence-corrected chi connectivity index (χ0v) is 15.0. The van der Waals surface area contributed by atoms with Crippen LogP contribution in [0.15, 0.2) is 43.1 Å². The monoisotopic (exact) mass is 368 g/mol. The molecule has 0 aliphatic rings. The molecule has 142 valence electrons. The lowest BCUT2D eigenvalue weighted by Crippen LogP contribution is -2.28. The second kappa shape index (κ2) is 8.09. The van der Waals surface area contributed by atoms with Gasteiger partial charge < -0.3 is 20.6 Å². The Kier molecular flexibility index (Phi) is 5.41. The molecule has 0 atom stereocenters. The predicted octanol–water partition coefficient (Wildman–Crippen LogP) is 3.07. The fraction of sp³-hybridized carbons (Fsp3) is 0.167. The SMILES string of the molecule is Cc1cc(Nc2cnc(NC(=O)NCc3cn(C)cn3)cc2C=N)ccn1.[HH].[HH]. The zero-order valence-electron chi connectivity index (χ0n) is 15.0. The molecule has 0 unspecified atom stereocenters. The van der Waals surface area contributed by atoms with Crippen LogP contribution < -0.4 is 16.0 Å². The fourth-order valence-electron chi connectivity index (χ4n) is 2.43. The summed E-state index contributed by atoms with van der Waals surface area (Å²) in [6.45, 7) is 2.21. The number of amides is 2. The highest BCUT2D eigenvalue weighted by molar-refractivity contribution is 5.92. The summed E-state index contributed by atoms with van der Waals surface area (Å²) in [4.78, 5) is 24.6. The molecule has 0 saturated heterocycles. The highest BCUT2D eigenvalue weighted by Gasteiger charge is 2.08. The molecule has 3 aromatic rings. The summed E-state index contributed by atoms with van der Waals surface area (Å²) in [6, 6.07) is 4.96. The average molecular weight is 368 g/mol. The molecule has 0 bridgehead atoms. The molecular weight excluding hydrogens is 344 g/mol. The number of nitrogens with one attached hydrogen (secondary N) is 4. The molecule has 9 nitrogen and oxygen atoms in total. The van der Waals surface area contributed by atoms with Gasteiger partial charge in [0.1, 0.15) is 5.82 Å². The van der Waals surface area contributed by atoms with Gasteiger partial charge in [-0.2, -0.15) is 0 Å². The normalized spacial score (nSPS) is 10.3. The third kappa shape index (κ3) is 4.88. The molecule has 0 radical (unpaired) electrons. The summed E-state index contributed by atoms with van der Waals surface area (Å²) in [6.07, 6.45) is 7.98. The number of hydrogen-bond acceptors (Lipinski definition) is 6. The molecule has 0 aromatic carbocycles. The van der Waals surface area contributed by atoms with Gasteiger partial charge in [-0.25, -0.2) is 14.8 Å². The summed E-state index contributed by atoms with van der Waals surface area (Å²) in [5.74, 6) is 0.350. The van der Waals surface area contributed by atoms with Crippen LogP contribution in [0.25, 0.3) is 0 Å². The van der Waals surface area contributed by atoms with E-state index in [0.29, 0.717) is 23.6 Å². The molecule has 27 heavy (non-hydrogen) atoms. The van der Waals surface area contributed by atoms with E-state index in [1.54, 1.807) is 24.8 Å². The molecule has 2 amide bonds. The molecule has 3 heterocycles. The number of imidazole rings is 1. The van der Waals surface area contributed by atoms with E-state index in [-0.39, 0.29) is 2.85 Å². The molecule has 0 fully saturated rings. The topological polar surface area (TPSA) is 121 Å². The quantitative estimate of drug-likeness (QED) is 0.498. The minimum Gasteiger partial charge on any atom is -0.354 e. The van der Waals surface area contributed by atoms with Crippen LogP contribution in [-0.4, -0.2) is 31.8 Å². The first-order valence-electron chi connectivity index (χ1n) is 8.25. The maximum Gasteiger partial charge on any atom is 0.320 e. The van der Waals surface area contributed by atoms with Crippen molar-refractivity contribution in [2.45, 2.75) is 13.5 Å². The Morgan fingerprint density at radius 3 is 2.89 bits per heavy atom. The number of carbonyl (C=O) groups excluding carboxylic acids is 1. The van der Waals surface area contributed by atoms with Crippen molar-refractivity contribution in [3.63, 3.8) is 0 Å². The van der Waals surface area contributed by atoms with Crippen LogP contribution in [-0.2, 0) is 13.6 Å². The van der Waals surface area contributed by atoms with Crippen molar-refractivity contribution in [1.82, 2.24) is 24.8 Å². The summed E-state index contributed by atoms with van der Waals surface area (Å²) in [5.41, 5.74) is 3.75. The van der Waals surface area contributed by atoms with Crippen molar-refractivity contribution in [2.75, 3.05) is 10.6 Å². The number of rotatable bonds is 6. The van der Waals surface area contributed by atoms with Crippen molar-refractivity contribution < 1.29 is 7.65 Å². The van der Waals surface area contributed by atoms with E-state index in [4.69, 9.17) is 5.41 Å². The van der Waals surface area contributed by atoms with Crippen LogP contribution in [0, 0.1) is 12.3 Å². The van der Waals surface area contributed by atoms with Crippen LogP contribution in [0.3, 0.4) is 0 Å². The molecule has 3 rings (SSSR count). The maximum absolute atomic E-state index is 12.0. The second-order valence-corrected chi connectivity index (χ2v) is 5.95. The number of carbonyl (C=O) groups is 1. The number of pyridine rings is 2. The van der Waals surface area contributed by atoms with Gasteiger partial charge in [0.15, 0.2) is 0 Å². The van der Waals surface area contributed by atoms with Gasteiger partial charge in [-0.3, -0.25) is 10.3 Å². The molecule has 0 aliphatic heterocycles. The Morgan fingerprint density at radius 2 is 2.19 bits per heavy atom. The van der Waals surface area contributed by atoms with Crippen LogP contribution >= 0.6 is 0 Å². The standard InChI is InChI=1S/C18H20N8O.2H2/c1-12-5-14(3-4-20-12)24-16-9-21-17(6-13(16)7-19)25-18(27)22-8-15-10-26(2)11-23-15;;/h3-7,9-11,19H,8H2,1-2H3,(H,20,24)(H2,21,22,25,27);2*1H. The van der Waals surface area contributed by atoms with Crippen molar-refractivity contribution in [2.24, 2.45) is 7.05 Å². The van der Waals surface area contributed by atoms with Crippen LogP contribution in [0.5, 0.6) is 0 Å². The number of urea groups is 1. The predicted molar refractivity (Wildman–Crippen MR) is 108 cm³/mol. The van der Waals surface area contributed by atoms with Crippen molar-refractivity contribution in [1.29, 1.82) is 5.41 Å². The first kappa shape index (κ1) is 18.1. The highest BCUT2D eigenvalue weighted by Crippen LogP contribution is 2.21. The van der Waals surface area contributed by atoms with E-state index < -0.39 is 6.03 Å². The minimum absolute atomic E-state index is 0. The van der Waals surface area contributed by atoms with Crippen molar-refractivity contribution >= 4 is 29.4 Å². The Morgan fingerprint density at radius 1 is 1.33 bits per heavy atom. The molecule has 3 aromatic heterocycles. The third-order valence-electron chi connectivity index (χ3n) is 3.70. The molecule has 9 heteroatoms.